The molecule has 0 fully saturated rings. The standard InChI is InChI=1S/C12H12ClNO2S/c1-2-16-11-4-3-8(5-9(11)13)10-7-17-12(6-15)14-10/h3-5,7,15H,2,6H2,1H3. The van der Waals surface area contributed by atoms with Crippen LogP contribution in [0.1, 0.15) is 11.9 Å². The Labute approximate surface area is 109 Å². The largest absolute Gasteiger partial charge is 0.492 e. The molecule has 0 atom stereocenters. The van der Waals surface area contributed by atoms with Crippen LogP contribution in [0.15, 0.2) is 23.6 Å². The van der Waals surface area contributed by atoms with E-state index in [4.69, 9.17) is 21.4 Å². The number of aromatic nitrogens is 1. The molecule has 0 aliphatic heterocycles. The van der Waals surface area contributed by atoms with Crippen molar-refractivity contribution in [2.24, 2.45) is 0 Å². The van der Waals surface area contributed by atoms with Crippen molar-refractivity contribution in [1.82, 2.24) is 4.98 Å². The first-order valence-corrected chi connectivity index (χ1v) is 6.48. The van der Waals surface area contributed by atoms with Gasteiger partial charge in [-0.15, -0.1) is 11.3 Å². The van der Waals surface area contributed by atoms with Gasteiger partial charge in [-0.2, -0.15) is 0 Å². The van der Waals surface area contributed by atoms with E-state index in [0.717, 1.165) is 11.3 Å². The second-order valence-corrected chi connectivity index (χ2v) is 4.71. The Morgan fingerprint density at radius 3 is 2.88 bits per heavy atom. The van der Waals surface area contributed by atoms with Gasteiger partial charge in [0.2, 0.25) is 0 Å². The summed E-state index contributed by atoms with van der Waals surface area (Å²) in [6, 6.07) is 5.56. The van der Waals surface area contributed by atoms with Gasteiger partial charge in [0.25, 0.3) is 0 Å². The number of aliphatic hydroxyl groups excluding tert-OH is 1. The molecule has 2 rings (SSSR count). The molecule has 0 aliphatic carbocycles. The summed E-state index contributed by atoms with van der Waals surface area (Å²) in [4.78, 5) is 4.28. The highest BCUT2D eigenvalue weighted by Crippen LogP contribution is 2.30. The molecule has 0 amide bonds. The zero-order valence-corrected chi connectivity index (χ0v) is 10.9. The second-order valence-electron chi connectivity index (χ2n) is 3.36. The molecule has 2 aromatic rings. The van der Waals surface area contributed by atoms with Crippen molar-refractivity contribution in [2.45, 2.75) is 13.5 Å². The lowest BCUT2D eigenvalue weighted by molar-refractivity contribution is 0.281. The molecule has 0 bridgehead atoms. The molecule has 0 aliphatic rings. The van der Waals surface area contributed by atoms with Gasteiger partial charge < -0.3 is 9.84 Å². The molecular formula is C12H12ClNO2S. The second kappa shape index (κ2) is 5.49. The quantitative estimate of drug-likeness (QED) is 0.925. The van der Waals surface area contributed by atoms with E-state index in [1.165, 1.54) is 11.3 Å². The molecular weight excluding hydrogens is 258 g/mol. The number of benzene rings is 1. The number of hydrogen-bond acceptors (Lipinski definition) is 4. The van der Waals surface area contributed by atoms with Gasteiger partial charge in [-0.1, -0.05) is 11.6 Å². The summed E-state index contributed by atoms with van der Waals surface area (Å²) in [7, 11) is 0. The predicted octanol–water partition coefficient (Wildman–Crippen LogP) is 3.35. The molecule has 0 saturated carbocycles. The third-order valence-corrected chi connectivity index (χ3v) is 3.34. The van der Waals surface area contributed by atoms with Gasteiger partial charge in [0.05, 0.1) is 23.9 Å². The van der Waals surface area contributed by atoms with Gasteiger partial charge in [-0.05, 0) is 25.1 Å². The summed E-state index contributed by atoms with van der Waals surface area (Å²) in [6.07, 6.45) is 0. The Hall–Kier alpha value is -1.10. The van der Waals surface area contributed by atoms with Crippen LogP contribution in [0.5, 0.6) is 5.75 Å². The fraction of sp³-hybridized carbons (Fsp3) is 0.250. The number of rotatable bonds is 4. The lowest BCUT2D eigenvalue weighted by Gasteiger charge is -2.06. The van der Waals surface area contributed by atoms with Crippen LogP contribution in [-0.2, 0) is 6.61 Å². The van der Waals surface area contributed by atoms with Crippen LogP contribution in [0.3, 0.4) is 0 Å². The third kappa shape index (κ3) is 2.77. The first-order valence-electron chi connectivity index (χ1n) is 5.22. The van der Waals surface area contributed by atoms with E-state index in [2.05, 4.69) is 4.98 Å². The lowest BCUT2D eigenvalue weighted by atomic mass is 10.2. The maximum absolute atomic E-state index is 8.97. The van der Waals surface area contributed by atoms with E-state index >= 15 is 0 Å². The SMILES string of the molecule is CCOc1ccc(-c2csc(CO)n2)cc1Cl. The molecule has 0 radical (unpaired) electrons. The van der Waals surface area contributed by atoms with Crippen molar-refractivity contribution < 1.29 is 9.84 Å². The number of nitrogens with zero attached hydrogens (tertiary/aromatic N) is 1. The van der Waals surface area contributed by atoms with Gasteiger partial charge in [0.15, 0.2) is 0 Å². The summed E-state index contributed by atoms with van der Waals surface area (Å²) in [5.41, 5.74) is 1.75. The average molecular weight is 270 g/mol. The van der Waals surface area contributed by atoms with Crippen LogP contribution >= 0.6 is 22.9 Å². The Morgan fingerprint density at radius 1 is 1.47 bits per heavy atom. The van der Waals surface area contributed by atoms with E-state index in [0.29, 0.717) is 22.4 Å². The van der Waals surface area contributed by atoms with E-state index < -0.39 is 0 Å². The molecule has 0 unspecified atom stereocenters. The van der Waals surface area contributed by atoms with E-state index in [-0.39, 0.29) is 6.61 Å². The maximum Gasteiger partial charge on any atom is 0.137 e. The zero-order valence-electron chi connectivity index (χ0n) is 9.31. The molecule has 17 heavy (non-hydrogen) atoms. The predicted molar refractivity (Wildman–Crippen MR) is 69.7 cm³/mol. The molecule has 0 saturated heterocycles. The Bertz CT molecular complexity index is 513. The molecule has 90 valence electrons. The highest BCUT2D eigenvalue weighted by atomic mass is 35.5. The number of hydrogen-bond donors (Lipinski definition) is 1. The minimum atomic E-state index is -0.0323. The van der Waals surface area contributed by atoms with Crippen molar-refractivity contribution in [2.75, 3.05) is 6.61 Å². The summed E-state index contributed by atoms with van der Waals surface area (Å²) in [5, 5.41) is 12.1. The summed E-state index contributed by atoms with van der Waals surface area (Å²) in [5.74, 6) is 0.676. The Morgan fingerprint density at radius 2 is 2.29 bits per heavy atom. The van der Waals surface area contributed by atoms with Crippen molar-refractivity contribution in [1.29, 1.82) is 0 Å². The Kier molecular flexibility index (Phi) is 3.99. The van der Waals surface area contributed by atoms with Gasteiger partial charge in [0.1, 0.15) is 10.8 Å². The summed E-state index contributed by atoms with van der Waals surface area (Å²) in [6.45, 7) is 2.47. The van der Waals surface area contributed by atoms with Crippen LogP contribution in [-0.4, -0.2) is 16.7 Å². The van der Waals surface area contributed by atoms with Crippen LogP contribution in [0.25, 0.3) is 11.3 Å². The fourth-order valence-electron chi connectivity index (χ4n) is 1.45. The van der Waals surface area contributed by atoms with E-state index in [1.807, 2.05) is 30.5 Å². The molecule has 0 spiro atoms. The molecule has 3 nitrogen and oxygen atoms in total. The number of halogens is 1. The van der Waals surface area contributed by atoms with Crippen LogP contribution < -0.4 is 4.74 Å². The Balaban J connectivity index is 2.30. The summed E-state index contributed by atoms with van der Waals surface area (Å²) < 4.78 is 5.36. The summed E-state index contributed by atoms with van der Waals surface area (Å²) >= 11 is 7.53. The van der Waals surface area contributed by atoms with Crippen LogP contribution in [0, 0.1) is 0 Å². The zero-order chi connectivity index (χ0) is 12.3. The van der Waals surface area contributed by atoms with Gasteiger partial charge in [-0.25, -0.2) is 4.98 Å². The normalized spacial score (nSPS) is 10.5. The smallest absolute Gasteiger partial charge is 0.137 e. The first-order chi connectivity index (χ1) is 8.24. The van der Waals surface area contributed by atoms with Gasteiger partial charge >= 0.3 is 0 Å². The minimum absolute atomic E-state index is 0.0323. The van der Waals surface area contributed by atoms with Gasteiger partial charge in [0, 0.05) is 10.9 Å². The third-order valence-electron chi connectivity index (χ3n) is 2.21. The topological polar surface area (TPSA) is 42.4 Å². The highest BCUT2D eigenvalue weighted by Gasteiger charge is 2.07. The molecule has 5 heteroatoms. The van der Waals surface area contributed by atoms with Crippen LogP contribution in [0.2, 0.25) is 5.02 Å². The van der Waals surface area contributed by atoms with Crippen molar-refractivity contribution in [3.05, 3.63) is 33.6 Å². The van der Waals surface area contributed by atoms with Crippen molar-refractivity contribution >= 4 is 22.9 Å². The van der Waals surface area contributed by atoms with Gasteiger partial charge in [-0.3, -0.25) is 0 Å². The van der Waals surface area contributed by atoms with E-state index in [1.54, 1.807) is 0 Å². The van der Waals surface area contributed by atoms with Crippen molar-refractivity contribution in [3.63, 3.8) is 0 Å². The van der Waals surface area contributed by atoms with E-state index in [9.17, 15) is 0 Å². The number of thiazole rings is 1. The maximum atomic E-state index is 8.97. The first kappa shape index (κ1) is 12.4. The monoisotopic (exact) mass is 269 g/mol. The minimum Gasteiger partial charge on any atom is -0.492 e. The fourth-order valence-corrected chi connectivity index (χ4v) is 2.35. The molecule has 1 aromatic heterocycles. The van der Waals surface area contributed by atoms with Crippen molar-refractivity contribution in [3.8, 4) is 17.0 Å². The molecule has 1 heterocycles. The lowest BCUT2D eigenvalue weighted by Crippen LogP contribution is -1.92. The number of aliphatic hydroxyl groups is 1. The molecule has 1 aromatic carbocycles. The molecule has 1 N–H and O–H groups in total. The average Bonchev–Trinajstić information content (AvgIpc) is 2.80. The number of ether oxygens (including phenoxy) is 1. The van der Waals surface area contributed by atoms with Crippen LogP contribution in [0.4, 0.5) is 0 Å². The highest BCUT2D eigenvalue weighted by molar-refractivity contribution is 7.09.